The van der Waals surface area contributed by atoms with Gasteiger partial charge < -0.3 is 5.32 Å². The third-order valence-corrected chi connectivity index (χ3v) is 5.56. The van der Waals surface area contributed by atoms with Gasteiger partial charge in [-0.25, -0.2) is 4.98 Å². The summed E-state index contributed by atoms with van der Waals surface area (Å²) in [4.78, 5) is 8.45. The first kappa shape index (κ1) is 20.4. The second-order valence-electron chi connectivity index (χ2n) is 5.77. The molecular formula is C18H20Cl3N3S. The SMILES string of the molecule is Cl.Cl.Clc1nc2ccccc2cc1[C@H](c1cccs1)N1CCNCC1. The maximum absolute atomic E-state index is 6.59. The smallest absolute Gasteiger partial charge is 0.134 e. The normalized spacial score (nSPS) is 16.0. The monoisotopic (exact) mass is 415 g/mol. The molecule has 1 N–H and O–H groups in total. The zero-order chi connectivity index (χ0) is 15.6. The van der Waals surface area contributed by atoms with Crippen molar-refractivity contribution in [2.75, 3.05) is 26.2 Å². The van der Waals surface area contributed by atoms with E-state index in [0.29, 0.717) is 5.15 Å². The molecule has 1 fully saturated rings. The van der Waals surface area contributed by atoms with E-state index in [9.17, 15) is 0 Å². The molecule has 1 atom stereocenters. The molecule has 0 unspecified atom stereocenters. The van der Waals surface area contributed by atoms with Crippen LogP contribution in [0.15, 0.2) is 47.8 Å². The molecule has 0 aliphatic carbocycles. The largest absolute Gasteiger partial charge is 0.314 e. The van der Waals surface area contributed by atoms with Gasteiger partial charge in [0.25, 0.3) is 0 Å². The molecule has 25 heavy (non-hydrogen) atoms. The van der Waals surface area contributed by atoms with Gasteiger partial charge in [-0.05, 0) is 23.6 Å². The standard InChI is InChI=1S/C18H18ClN3S.2ClH/c19-18-14(12-13-4-1-2-5-15(13)21-18)17(16-6-3-11-23-16)22-9-7-20-8-10-22;;/h1-6,11-12,17,20H,7-10H2;2*1H/t17-;;/m1../s1. The summed E-state index contributed by atoms with van der Waals surface area (Å²) in [5.74, 6) is 0. The highest BCUT2D eigenvalue weighted by Crippen LogP contribution is 2.36. The number of pyridine rings is 1. The highest BCUT2D eigenvalue weighted by Gasteiger charge is 2.27. The van der Waals surface area contributed by atoms with Gasteiger partial charge in [0, 0.05) is 42.0 Å². The Morgan fingerprint density at radius 3 is 2.56 bits per heavy atom. The van der Waals surface area contributed by atoms with Gasteiger partial charge in [-0.15, -0.1) is 36.2 Å². The van der Waals surface area contributed by atoms with Gasteiger partial charge >= 0.3 is 0 Å². The molecule has 7 heteroatoms. The molecule has 0 saturated carbocycles. The van der Waals surface area contributed by atoms with Crippen LogP contribution in [0.25, 0.3) is 10.9 Å². The van der Waals surface area contributed by atoms with Crippen molar-refractivity contribution in [1.29, 1.82) is 0 Å². The lowest BCUT2D eigenvalue weighted by Crippen LogP contribution is -2.45. The van der Waals surface area contributed by atoms with Crippen LogP contribution < -0.4 is 5.32 Å². The molecule has 4 rings (SSSR count). The number of nitrogens with one attached hydrogen (secondary N) is 1. The minimum Gasteiger partial charge on any atom is -0.314 e. The van der Waals surface area contributed by atoms with E-state index < -0.39 is 0 Å². The fraction of sp³-hybridized carbons (Fsp3) is 0.278. The van der Waals surface area contributed by atoms with Crippen LogP contribution in [0.4, 0.5) is 0 Å². The molecule has 3 nitrogen and oxygen atoms in total. The van der Waals surface area contributed by atoms with E-state index in [2.05, 4.69) is 44.8 Å². The van der Waals surface area contributed by atoms with E-state index in [1.807, 2.05) is 18.2 Å². The first-order valence-corrected chi connectivity index (χ1v) is 9.12. The summed E-state index contributed by atoms with van der Waals surface area (Å²) in [5.41, 5.74) is 2.06. The number of halogens is 3. The Labute approximate surface area is 169 Å². The molecule has 1 aliphatic heterocycles. The predicted molar refractivity (Wildman–Crippen MR) is 112 cm³/mol. The molecule has 3 heterocycles. The van der Waals surface area contributed by atoms with E-state index in [1.54, 1.807) is 11.3 Å². The summed E-state index contributed by atoms with van der Waals surface area (Å²) in [6.07, 6.45) is 0. The second kappa shape index (κ2) is 9.17. The number of hydrogen-bond acceptors (Lipinski definition) is 4. The van der Waals surface area contributed by atoms with Crippen LogP contribution in [0.3, 0.4) is 0 Å². The van der Waals surface area contributed by atoms with Crippen LogP contribution in [-0.4, -0.2) is 36.1 Å². The van der Waals surface area contributed by atoms with Crippen LogP contribution in [-0.2, 0) is 0 Å². The number of benzene rings is 1. The number of piperazine rings is 1. The second-order valence-corrected chi connectivity index (χ2v) is 7.10. The lowest BCUT2D eigenvalue weighted by atomic mass is 10.0. The van der Waals surface area contributed by atoms with Crippen LogP contribution in [0.2, 0.25) is 5.15 Å². The van der Waals surface area contributed by atoms with Crippen molar-refractivity contribution >= 4 is 58.7 Å². The number of para-hydroxylation sites is 1. The number of aromatic nitrogens is 1. The fourth-order valence-electron chi connectivity index (χ4n) is 3.22. The summed E-state index contributed by atoms with van der Waals surface area (Å²) in [6.45, 7) is 4.07. The molecule has 134 valence electrons. The van der Waals surface area contributed by atoms with Crippen molar-refractivity contribution in [2.45, 2.75) is 6.04 Å². The quantitative estimate of drug-likeness (QED) is 0.622. The minimum atomic E-state index is 0. The average Bonchev–Trinajstić information content (AvgIpc) is 3.11. The van der Waals surface area contributed by atoms with Crippen molar-refractivity contribution < 1.29 is 0 Å². The highest BCUT2D eigenvalue weighted by atomic mass is 35.5. The Kier molecular flexibility index (Phi) is 7.50. The highest BCUT2D eigenvalue weighted by molar-refractivity contribution is 7.10. The van der Waals surface area contributed by atoms with Gasteiger partial charge in [-0.3, -0.25) is 4.90 Å². The molecular weight excluding hydrogens is 397 g/mol. The van der Waals surface area contributed by atoms with E-state index in [-0.39, 0.29) is 30.9 Å². The molecule has 0 spiro atoms. The fourth-order valence-corrected chi connectivity index (χ4v) is 4.34. The van der Waals surface area contributed by atoms with Gasteiger partial charge in [0.1, 0.15) is 5.15 Å². The zero-order valence-corrected chi connectivity index (χ0v) is 16.7. The van der Waals surface area contributed by atoms with E-state index in [0.717, 1.165) is 42.6 Å². The van der Waals surface area contributed by atoms with Crippen molar-refractivity contribution in [3.8, 4) is 0 Å². The Bertz CT molecular complexity index is 804. The Morgan fingerprint density at radius 1 is 1.08 bits per heavy atom. The average molecular weight is 417 g/mol. The van der Waals surface area contributed by atoms with Crippen LogP contribution in [0.1, 0.15) is 16.5 Å². The summed E-state index contributed by atoms with van der Waals surface area (Å²) >= 11 is 8.37. The van der Waals surface area contributed by atoms with Gasteiger partial charge in [0.2, 0.25) is 0 Å². The van der Waals surface area contributed by atoms with Crippen LogP contribution in [0, 0.1) is 0 Å². The lowest BCUT2D eigenvalue weighted by molar-refractivity contribution is 0.200. The Balaban J connectivity index is 0.00000113. The third-order valence-electron chi connectivity index (χ3n) is 4.33. The van der Waals surface area contributed by atoms with E-state index in [1.165, 1.54) is 4.88 Å². The summed E-state index contributed by atoms with van der Waals surface area (Å²) < 4.78 is 0. The van der Waals surface area contributed by atoms with Gasteiger partial charge in [-0.2, -0.15) is 0 Å². The molecule has 0 bridgehead atoms. The van der Waals surface area contributed by atoms with Crippen LogP contribution in [0.5, 0.6) is 0 Å². The van der Waals surface area contributed by atoms with Gasteiger partial charge in [0.05, 0.1) is 11.6 Å². The molecule has 1 saturated heterocycles. The van der Waals surface area contributed by atoms with E-state index >= 15 is 0 Å². The Morgan fingerprint density at radius 2 is 1.84 bits per heavy atom. The number of fused-ring (bicyclic) bond motifs is 1. The molecule has 0 amide bonds. The predicted octanol–water partition coefficient (Wildman–Crippen LogP) is 4.79. The molecule has 1 aromatic carbocycles. The van der Waals surface area contributed by atoms with Crippen LogP contribution >= 0.6 is 47.8 Å². The molecule has 2 aromatic heterocycles. The van der Waals surface area contributed by atoms with Crippen molar-refractivity contribution in [3.63, 3.8) is 0 Å². The van der Waals surface area contributed by atoms with Crippen molar-refractivity contribution in [2.24, 2.45) is 0 Å². The topological polar surface area (TPSA) is 28.2 Å². The molecule has 0 radical (unpaired) electrons. The number of hydrogen-bond donors (Lipinski definition) is 1. The van der Waals surface area contributed by atoms with Crippen molar-refractivity contribution in [3.05, 3.63) is 63.4 Å². The first-order chi connectivity index (χ1) is 11.3. The maximum atomic E-state index is 6.59. The summed E-state index contributed by atoms with van der Waals surface area (Å²) in [5, 5.41) is 7.31. The molecule has 1 aliphatic rings. The first-order valence-electron chi connectivity index (χ1n) is 7.86. The Hall–Kier alpha value is -0.880. The number of thiophene rings is 1. The maximum Gasteiger partial charge on any atom is 0.134 e. The number of nitrogens with zero attached hydrogens (tertiary/aromatic N) is 2. The zero-order valence-electron chi connectivity index (χ0n) is 13.5. The van der Waals surface area contributed by atoms with E-state index in [4.69, 9.17) is 11.6 Å². The lowest BCUT2D eigenvalue weighted by Gasteiger charge is -2.35. The molecule has 3 aromatic rings. The number of rotatable bonds is 3. The summed E-state index contributed by atoms with van der Waals surface area (Å²) in [6, 6.07) is 14.9. The van der Waals surface area contributed by atoms with Gasteiger partial charge in [-0.1, -0.05) is 35.9 Å². The summed E-state index contributed by atoms with van der Waals surface area (Å²) in [7, 11) is 0. The minimum absolute atomic E-state index is 0. The van der Waals surface area contributed by atoms with Crippen molar-refractivity contribution in [1.82, 2.24) is 15.2 Å². The van der Waals surface area contributed by atoms with Gasteiger partial charge in [0.15, 0.2) is 0 Å². The third kappa shape index (κ3) is 4.27.